The third-order valence-electron chi connectivity index (χ3n) is 4.31. The maximum atomic E-state index is 12.7. The van der Waals surface area contributed by atoms with Crippen LogP contribution in [0.1, 0.15) is 0 Å². The molecule has 0 aromatic heterocycles. The lowest BCUT2D eigenvalue weighted by Gasteiger charge is -2.23. The molecule has 0 bridgehead atoms. The smallest absolute Gasteiger partial charge is 0.325 e. The minimum absolute atomic E-state index is 0.0515. The van der Waals surface area contributed by atoms with Gasteiger partial charge in [-0.05, 0) is 24.3 Å². The largest absolute Gasteiger partial charge is 0.495 e. The van der Waals surface area contributed by atoms with Crippen molar-refractivity contribution < 1.29 is 14.3 Å². The Labute approximate surface area is 147 Å². The summed E-state index contributed by atoms with van der Waals surface area (Å²) < 4.78 is 5.33. The Morgan fingerprint density at radius 3 is 2.48 bits per heavy atom. The van der Waals surface area contributed by atoms with Crippen molar-refractivity contribution in [1.29, 1.82) is 0 Å². The highest BCUT2D eigenvalue weighted by atomic mass is 16.5. The molecular weight excluding hydrogens is 318 g/mol. The standard InChI is InChI=1S/C19H21N3O3/c1-20(15-8-4-3-5-9-15)18(23)14-21-12-13-22(19(21)24)16-10-6-7-11-17(16)25-2/h3-11H,12-14H2,1-2H3. The number of benzene rings is 2. The molecule has 0 atom stereocenters. The van der Waals surface area contributed by atoms with Crippen molar-refractivity contribution in [1.82, 2.24) is 4.90 Å². The van der Waals surface area contributed by atoms with Gasteiger partial charge < -0.3 is 14.5 Å². The molecule has 6 nitrogen and oxygen atoms in total. The SMILES string of the molecule is COc1ccccc1N1CCN(CC(=O)N(C)c2ccccc2)C1=O. The van der Waals surface area contributed by atoms with Crippen molar-refractivity contribution in [3.63, 3.8) is 0 Å². The molecule has 1 saturated heterocycles. The number of likely N-dealkylation sites (N-methyl/N-ethyl adjacent to an activating group) is 1. The topological polar surface area (TPSA) is 53.1 Å². The van der Waals surface area contributed by atoms with Crippen LogP contribution < -0.4 is 14.5 Å². The Morgan fingerprint density at radius 2 is 1.76 bits per heavy atom. The third kappa shape index (κ3) is 3.42. The first-order valence-corrected chi connectivity index (χ1v) is 8.13. The molecule has 3 amide bonds. The molecule has 0 radical (unpaired) electrons. The number of nitrogens with zero attached hydrogens (tertiary/aromatic N) is 3. The van der Waals surface area contributed by atoms with Gasteiger partial charge in [-0.15, -0.1) is 0 Å². The van der Waals surface area contributed by atoms with Gasteiger partial charge in [0.25, 0.3) is 0 Å². The zero-order chi connectivity index (χ0) is 17.8. The third-order valence-corrected chi connectivity index (χ3v) is 4.31. The molecule has 2 aromatic carbocycles. The van der Waals surface area contributed by atoms with Crippen molar-refractivity contribution in [3.8, 4) is 5.75 Å². The average Bonchev–Trinajstić information content (AvgIpc) is 3.02. The van der Waals surface area contributed by atoms with E-state index in [0.717, 1.165) is 11.4 Å². The summed E-state index contributed by atoms with van der Waals surface area (Å²) in [6.07, 6.45) is 0. The van der Waals surface area contributed by atoms with Gasteiger partial charge in [-0.1, -0.05) is 30.3 Å². The predicted octanol–water partition coefficient (Wildman–Crippen LogP) is 2.60. The van der Waals surface area contributed by atoms with Crippen LogP contribution in [0.5, 0.6) is 5.75 Å². The van der Waals surface area contributed by atoms with Crippen molar-refractivity contribution >= 4 is 23.3 Å². The Bertz CT molecular complexity index is 764. The lowest BCUT2D eigenvalue weighted by atomic mass is 10.2. The summed E-state index contributed by atoms with van der Waals surface area (Å²) in [6.45, 7) is 1.09. The van der Waals surface area contributed by atoms with E-state index in [9.17, 15) is 9.59 Å². The summed E-state index contributed by atoms with van der Waals surface area (Å²) in [6, 6.07) is 16.6. The molecule has 1 fully saturated rings. The van der Waals surface area contributed by atoms with E-state index in [1.54, 1.807) is 28.9 Å². The van der Waals surface area contributed by atoms with E-state index in [0.29, 0.717) is 18.8 Å². The van der Waals surface area contributed by atoms with Crippen molar-refractivity contribution in [2.24, 2.45) is 0 Å². The molecular formula is C19H21N3O3. The highest BCUT2D eigenvalue weighted by Crippen LogP contribution is 2.30. The van der Waals surface area contributed by atoms with E-state index >= 15 is 0 Å². The minimum atomic E-state index is -0.181. The Balaban J connectivity index is 1.69. The number of para-hydroxylation sites is 3. The Morgan fingerprint density at radius 1 is 1.08 bits per heavy atom. The first kappa shape index (κ1) is 16.8. The van der Waals surface area contributed by atoms with E-state index < -0.39 is 0 Å². The summed E-state index contributed by atoms with van der Waals surface area (Å²) in [7, 11) is 3.30. The molecule has 0 aliphatic carbocycles. The second-order valence-corrected chi connectivity index (χ2v) is 5.82. The second-order valence-electron chi connectivity index (χ2n) is 5.82. The first-order chi connectivity index (χ1) is 12.1. The van der Waals surface area contributed by atoms with Crippen LogP contribution in [0.2, 0.25) is 0 Å². The van der Waals surface area contributed by atoms with Gasteiger partial charge in [0.1, 0.15) is 12.3 Å². The Hall–Kier alpha value is -3.02. The lowest BCUT2D eigenvalue weighted by molar-refractivity contribution is -0.118. The van der Waals surface area contributed by atoms with Crippen molar-refractivity contribution in [2.75, 3.05) is 43.6 Å². The highest BCUT2D eigenvalue weighted by molar-refractivity contribution is 6.00. The number of carbonyl (C=O) groups is 2. The lowest BCUT2D eigenvalue weighted by Crippen LogP contribution is -2.40. The summed E-state index contributed by atoms with van der Waals surface area (Å²) in [5.41, 5.74) is 1.53. The van der Waals surface area contributed by atoms with Gasteiger partial charge in [-0.25, -0.2) is 4.79 Å². The van der Waals surface area contributed by atoms with Crippen LogP contribution in [0.25, 0.3) is 0 Å². The molecule has 2 aromatic rings. The molecule has 0 spiro atoms. The van der Waals surface area contributed by atoms with Crippen LogP contribution in [0.15, 0.2) is 54.6 Å². The summed E-state index contributed by atoms with van der Waals surface area (Å²) >= 11 is 0. The van der Waals surface area contributed by atoms with Gasteiger partial charge in [-0.2, -0.15) is 0 Å². The normalized spacial score (nSPS) is 13.9. The maximum Gasteiger partial charge on any atom is 0.325 e. The number of hydrogen-bond donors (Lipinski definition) is 0. The molecule has 0 N–H and O–H groups in total. The number of ether oxygens (including phenoxy) is 1. The Kier molecular flexibility index (Phi) is 4.88. The van der Waals surface area contributed by atoms with Crippen LogP contribution in [-0.2, 0) is 4.79 Å². The number of urea groups is 1. The average molecular weight is 339 g/mol. The minimum Gasteiger partial charge on any atom is -0.495 e. The molecule has 6 heteroatoms. The summed E-state index contributed by atoms with van der Waals surface area (Å²) in [4.78, 5) is 30.0. The second kappa shape index (κ2) is 7.25. The van der Waals surface area contributed by atoms with Crippen LogP contribution in [0.3, 0.4) is 0 Å². The number of rotatable bonds is 5. The number of carbonyl (C=O) groups excluding carboxylic acids is 2. The molecule has 1 heterocycles. The molecule has 3 rings (SSSR count). The van der Waals surface area contributed by atoms with Gasteiger partial charge >= 0.3 is 6.03 Å². The highest BCUT2D eigenvalue weighted by Gasteiger charge is 2.32. The van der Waals surface area contributed by atoms with E-state index in [4.69, 9.17) is 4.74 Å². The van der Waals surface area contributed by atoms with Crippen LogP contribution in [-0.4, -0.2) is 50.6 Å². The van der Waals surface area contributed by atoms with Crippen LogP contribution in [0, 0.1) is 0 Å². The zero-order valence-corrected chi connectivity index (χ0v) is 14.4. The van der Waals surface area contributed by atoms with Gasteiger partial charge in [-0.3, -0.25) is 9.69 Å². The van der Waals surface area contributed by atoms with Crippen LogP contribution >= 0.6 is 0 Å². The molecule has 1 aliphatic rings. The molecule has 130 valence electrons. The quantitative estimate of drug-likeness (QED) is 0.841. The molecule has 0 unspecified atom stereocenters. The molecule has 0 saturated carbocycles. The molecule has 25 heavy (non-hydrogen) atoms. The first-order valence-electron chi connectivity index (χ1n) is 8.13. The number of amides is 3. The predicted molar refractivity (Wildman–Crippen MR) is 97.2 cm³/mol. The van der Waals surface area contributed by atoms with E-state index in [1.807, 2.05) is 54.6 Å². The maximum absolute atomic E-state index is 12.7. The number of methoxy groups -OCH3 is 1. The van der Waals surface area contributed by atoms with Gasteiger partial charge in [0, 0.05) is 25.8 Å². The van der Waals surface area contributed by atoms with Gasteiger partial charge in [0.15, 0.2) is 0 Å². The fourth-order valence-corrected chi connectivity index (χ4v) is 2.87. The van der Waals surface area contributed by atoms with Gasteiger partial charge in [0.2, 0.25) is 5.91 Å². The number of anilines is 2. The van der Waals surface area contributed by atoms with Gasteiger partial charge in [0.05, 0.1) is 12.8 Å². The van der Waals surface area contributed by atoms with Crippen molar-refractivity contribution in [2.45, 2.75) is 0 Å². The van der Waals surface area contributed by atoms with E-state index in [2.05, 4.69) is 0 Å². The summed E-state index contributed by atoms with van der Waals surface area (Å²) in [5, 5.41) is 0. The van der Waals surface area contributed by atoms with Crippen LogP contribution in [0.4, 0.5) is 16.2 Å². The van der Waals surface area contributed by atoms with E-state index in [1.165, 1.54) is 0 Å². The fraction of sp³-hybridized carbons (Fsp3) is 0.263. The summed E-state index contributed by atoms with van der Waals surface area (Å²) in [5.74, 6) is 0.520. The molecule has 1 aliphatic heterocycles. The fourth-order valence-electron chi connectivity index (χ4n) is 2.87. The number of hydrogen-bond acceptors (Lipinski definition) is 3. The monoisotopic (exact) mass is 339 g/mol. The zero-order valence-electron chi connectivity index (χ0n) is 14.4. The van der Waals surface area contributed by atoms with Crippen molar-refractivity contribution in [3.05, 3.63) is 54.6 Å². The van der Waals surface area contributed by atoms with E-state index in [-0.39, 0.29) is 18.5 Å².